The molecular formula is C23H25BrN2O3. The molecule has 0 bridgehead atoms. The Kier molecular flexibility index (Phi) is 6.75. The van der Waals surface area contributed by atoms with Crippen molar-refractivity contribution in [2.75, 3.05) is 14.2 Å². The van der Waals surface area contributed by atoms with Crippen LogP contribution in [0.3, 0.4) is 0 Å². The molecule has 0 atom stereocenters. The van der Waals surface area contributed by atoms with Crippen molar-refractivity contribution in [2.45, 2.75) is 32.4 Å². The van der Waals surface area contributed by atoms with Gasteiger partial charge in [-0.3, -0.25) is 4.79 Å². The highest BCUT2D eigenvalue weighted by Crippen LogP contribution is 2.26. The maximum Gasteiger partial charge on any atom is 0.257 e. The first-order valence-electron chi connectivity index (χ1n) is 9.63. The first-order valence-corrected chi connectivity index (χ1v) is 9.63. The van der Waals surface area contributed by atoms with Gasteiger partial charge >= 0.3 is 0 Å². The summed E-state index contributed by atoms with van der Waals surface area (Å²) in [6.07, 6.45) is 5.43. The number of aromatic nitrogens is 2. The van der Waals surface area contributed by atoms with E-state index in [2.05, 4.69) is 27.5 Å². The molecule has 0 spiro atoms. The molecule has 0 radical (unpaired) electrons. The second-order valence-corrected chi connectivity index (χ2v) is 7.05. The van der Waals surface area contributed by atoms with Crippen molar-refractivity contribution in [3.63, 3.8) is 0 Å². The van der Waals surface area contributed by atoms with Crippen LogP contribution in [0.25, 0.3) is 11.3 Å². The zero-order chi connectivity index (χ0) is 19.5. The third kappa shape index (κ3) is 4.37. The van der Waals surface area contributed by atoms with Crippen LogP contribution < -0.4 is 31.0 Å². The first kappa shape index (κ1) is 21.1. The zero-order valence-corrected chi connectivity index (χ0v) is 18.3. The van der Waals surface area contributed by atoms with Gasteiger partial charge in [0, 0.05) is 17.5 Å². The summed E-state index contributed by atoms with van der Waals surface area (Å²) in [4.78, 5) is 12.8. The molecule has 6 heteroatoms. The monoisotopic (exact) mass is 456 g/mol. The van der Waals surface area contributed by atoms with Crippen LogP contribution in [-0.4, -0.2) is 24.6 Å². The number of ether oxygens (including phenoxy) is 2. The Morgan fingerprint density at radius 3 is 2.21 bits per heavy atom. The lowest BCUT2D eigenvalue weighted by molar-refractivity contribution is -0.690. The number of hydrogen-bond acceptors (Lipinski definition) is 3. The highest BCUT2D eigenvalue weighted by molar-refractivity contribution is 5.95. The molecule has 152 valence electrons. The molecule has 0 unspecified atom stereocenters. The fourth-order valence-electron chi connectivity index (χ4n) is 3.82. The summed E-state index contributed by atoms with van der Waals surface area (Å²) in [6, 6.07) is 15.4. The standard InChI is InChI=1S/C23H25N2O3.BrH/c1-27-19-10-6-17(7-11-19)21-15-24(23-5-3-4-14-25(21)23)16-22(26)18-8-12-20(28-2)13-9-18;/h6-13,15H,3-5,14,16H2,1-2H3;1H/q+1;/p-1. The van der Waals surface area contributed by atoms with Crippen molar-refractivity contribution in [1.82, 2.24) is 4.57 Å². The van der Waals surface area contributed by atoms with E-state index in [1.165, 1.54) is 5.82 Å². The quantitative estimate of drug-likeness (QED) is 0.404. The Hall–Kier alpha value is -2.60. The van der Waals surface area contributed by atoms with Crippen molar-refractivity contribution in [3.05, 3.63) is 66.1 Å². The molecule has 0 saturated heterocycles. The zero-order valence-electron chi connectivity index (χ0n) is 16.7. The lowest BCUT2D eigenvalue weighted by atomic mass is 10.1. The van der Waals surface area contributed by atoms with E-state index in [-0.39, 0.29) is 22.8 Å². The summed E-state index contributed by atoms with van der Waals surface area (Å²) < 4.78 is 14.9. The van der Waals surface area contributed by atoms with Crippen LogP contribution in [0.5, 0.6) is 11.5 Å². The van der Waals surface area contributed by atoms with Gasteiger partial charge in [-0.15, -0.1) is 0 Å². The average molecular weight is 457 g/mol. The maximum atomic E-state index is 12.8. The number of halogens is 1. The smallest absolute Gasteiger partial charge is 0.257 e. The minimum absolute atomic E-state index is 0. The number of rotatable bonds is 6. The Morgan fingerprint density at radius 1 is 0.966 bits per heavy atom. The number of Topliss-reactive ketones (excluding diaryl/α,β-unsaturated/α-hetero) is 1. The maximum absolute atomic E-state index is 12.8. The minimum Gasteiger partial charge on any atom is -1.00 e. The number of carbonyl (C=O) groups excluding carboxylic acids is 1. The van der Waals surface area contributed by atoms with Crippen LogP contribution in [0.2, 0.25) is 0 Å². The second kappa shape index (κ2) is 9.27. The molecule has 2 heterocycles. The van der Waals surface area contributed by atoms with Gasteiger partial charge in [-0.05, 0) is 61.4 Å². The Morgan fingerprint density at radius 2 is 1.59 bits per heavy atom. The fourth-order valence-corrected chi connectivity index (χ4v) is 3.82. The number of hydrogen-bond donors (Lipinski definition) is 0. The van der Waals surface area contributed by atoms with E-state index in [9.17, 15) is 4.79 Å². The molecule has 3 aromatic rings. The van der Waals surface area contributed by atoms with Gasteiger partial charge < -0.3 is 26.5 Å². The normalized spacial score (nSPS) is 12.6. The van der Waals surface area contributed by atoms with Crippen molar-refractivity contribution in [1.29, 1.82) is 0 Å². The Labute approximate surface area is 181 Å². The van der Waals surface area contributed by atoms with Gasteiger partial charge in [0.15, 0.2) is 12.2 Å². The highest BCUT2D eigenvalue weighted by Gasteiger charge is 2.28. The van der Waals surface area contributed by atoms with Crippen LogP contribution >= 0.6 is 0 Å². The number of imidazole rings is 1. The summed E-state index contributed by atoms with van der Waals surface area (Å²) >= 11 is 0. The van der Waals surface area contributed by atoms with E-state index in [1.807, 2.05) is 36.4 Å². The average Bonchev–Trinajstić information content (AvgIpc) is 3.12. The molecule has 1 aromatic heterocycles. The molecule has 1 aliphatic heterocycles. The minimum atomic E-state index is 0. The Balaban J connectivity index is 0.00000240. The summed E-state index contributed by atoms with van der Waals surface area (Å²) in [5.74, 6) is 2.93. The number of ketones is 1. The second-order valence-electron chi connectivity index (χ2n) is 7.05. The van der Waals surface area contributed by atoms with E-state index >= 15 is 0 Å². The van der Waals surface area contributed by atoms with Crippen LogP contribution in [0.1, 0.15) is 29.0 Å². The van der Waals surface area contributed by atoms with E-state index in [0.717, 1.165) is 48.6 Å². The largest absolute Gasteiger partial charge is 1.00 e. The van der Waals surface area contributed by atoms with Crippen molar-refractivity contribution < 1.29 is 35.8 Å². The number of fused-ring (bicyclic) bond motifs is 1. The highest BCUT2D eigenvalue weighted by atomic mass is 79.9. The topological polar surface area (TPSA) is 44.3 Å². The lowest BCUT2D eigenvalue weighted by Gasteiger charge is -2.11. The molecule has 0 N–H and O–H groups in total. The van der Waals surface area contributed by atoms with E-state index in [0.29, 0.717) is 12.1 Å². The lowest BCUT2D eigenvalue weighted by Crippen LogP contribution is -3.00. The van der Waals surface area contributed by atoms with Crippen molar-refractivity contribution in [2.24, 2.45) is 0 Å². The molecule has 29 heavy (non-hydrogen) atoms. The molecule has 0 amide bonds. The number of nitrogens with zero attached hydrogens (tertiary/aromatic N) is 2. The third-order valence-electron chi connectivity index (χ3n) is 5.36. The third-order valence-corrected chi connectivity index (χ3v) is 5.36. The van der Waals surface area contributed by atoms with Gasteiger partial charge in [0.05, 0.1) is 20.8 Å². The Bertz CT molecular complexity index is 979. The first-order chi connectivity index (χ1) is 13.7. The van der Waals surface area contributed by atoms with Crippen LogP contribution in [-0.2, 0) is 19.5 Å². The van der Waals surface area contributed by atoms with Crippen LogP contribution in [0.15, 0.2) is 54.7 Å². The molecule has 4 rings (SSSR count). The van der Waals surface area contributed by atoms with Crippen molar-refractivity contribution in [3.8, 4) is 22.8 Å². The predicted molar refractivity (Wildman–Crippen MR) is 107 cm³/mol. The number of methoxy groups -OCH3 is 2. The predicted octanol–water partition coefficient (Wildman–Crippen LogP) is 0.683. The van der Waals surface area contributed by atoms with E-state index in [4.69, 9.17) is 9.47 Å². The molecule has 0 saturated carbocycles. The summed E-state index contributed by atoms with van der Waals surface area (Å²) in [5.41, 5.74) is 2.99. The summed E-state index contributed by atoms with van der Waals surface area (Å²) in [5, 5.41) is 0. The van der Waals surface area contributed by atoms with Gasteiger partial charge in [0.1, 0.15) is 17.7 Å². The van der Waals surface area contributed by atoms with Gasteiger partial charge in [-0.25, -0.2) is 9.13 Å². The van der Waals surface area contributed by atoms with Gasteiger partial charge in [-0.2, -0.15) is 0 Å². The molecule has 0 aliphatic carbocycles. The molecule has 1 aliphatic rings. The fraction of sp³-hybridized carbons (Fsp3) is 0.304. The molecule has 2 aromatic carbocycles. The van der Waals surface area contributed by atoms with Gasteiger partial charge in [-0.1, -0.05) is 0 Å². The summed E-state index contributed by atoms with van der Waals surface area (Å²) in [6.45, 7) is 1.33. The van der Waals surface area contributed by atoms with Crippen LogP contribution in [0, 0.1) is 0 Å². The van der Waals surface area contributed by atoms with E-state index in [1.54, 1.807) is 14.2 Å². The SMILES string of the molecule is COc1ccc(C(=O)C[n+]2cc(-c3ccc(OC)cc3)n3c2CCCC3)cc1.[Br-]. The van der Waals surface area contributed by atoms with Crippen molar-refractivity contribution >= 4 is 5.78 Å². The molecule has 5 nitrogen and oxygen atoms in total. The summed E-state index contributed by atoms with van der Waals surface area (Å²) in [7, 11) is 3.30. The number of carbonyl (C=O) groups is 1. The van der Waals surface area contributed by atoms with Gasteiger partial charge in [0.2, 0.25) is 5.78 Å². The van der Waals surface area contributed by atoms with Crippen LogP contribution in [0.4, 0.5) is 0 Å². The molecule has 0 fully saturated rings. The van der Waals surface area contributed by atoms with Gasteiger partial charge in [0.25, 0.3) is 5.82 Å². The van der Waals surface area contributed by atoms with E-state index < -0.39 is 0 Å². The molecular weight excluding hydrogens is 432 g/mol. The number of benzene rings is 2.